The Morgan fingerprint density at radius 2 is 1.86 bits per heavy atom. The second-order valence-electron chi connectivity index (χ2n) is 6.46. The Morgan fingerprint density at radius 1 is 1.21 bits per heavy atom. The third kappa shape index (κ3) is 5.39. The number of ether oxygens (including phenoxy) is 1. The quantitative estimate of drug-likeness (QED) is 0.699. The molecule has 8 heteroatoms. The number of halogens is 1. The molecule has 2 aromatic rings. The number of amides is 1. The number of hydrogen-bond donors (Lipinski definition) is 1. The van der Waals surface area contributed by atoms with E-state index in [4.69, 9.17) is 16.3 Å². The van der Waals surface area contributed by atoms with E-state index < -0.39 is 22.0 Å². The average Bonchev–Trinajstić information content (AvgIpc) is 2.65. The van der Waals surface area contributed by atoms with Gasteiger partial charge in [0, 0.05) is 5.02 Å². The van der Waals surface area contributed by atoms with Crippen LogP contribution in [-0.2, 0) is 14.8 Å². The third-order valence-corrected chi connectivity index (χ3v) is 5.87. The molecule has 0 aliphatic heterocycles. The Balaban J connectivity index is 2.26. The van der Waals surface area contributed by atoms with Crippen LogP contribution in [0.3, 0.4) is 0 Å². The van der Waals surface area contributed by atoms with E-state index in [2.05, 4.69) is 5.32 Å². The van der Waals surface area contributed by atoms with Crippen molar-refractivity contribution in [1.29, 1.82) is 0 Å². The molecule has 2 rings (SSSR count). The number of sulfonamides is 1. The lowest BCUT2D eigenvalue weighted by molar-refractivity contribution is -0.122. The van der Waals surface area contributed by atoms with Gasteiger partial charge in [0.25, 0.3) is 0 Å². The summed E-state index contributed by atoms with van der Waals surface area (Å²) in [5.74, 6) is 0.329. The molecule has 1 N–H and O–H groups in total. The summed E-state index contributed by atoms with van der Waals surface area (Å²) in [4.78, 5) is 12.9. The summed E-state index contributed by atoms with van der Waals surface area (Å²) in [6, 6.07) is 12.6. The number of methoxy groups -OCH3 is 1. The Labute approximate surface area is 171 Å². The van der Waals surface area contributed by atoms with E-state index in [1.54, 1.807) is 32.2 Å². The molecule has 152 valence electrons. The Kier molecular flexibility index (Phi) is 7.32. The maximum Gasteiger partial charge on any atom is 0.244 e. The maximum atomic E-state index is 12.9. The second-order valence-corrected chi connectivity index (χ2v) is 8.75. The lowest BCUT2D eigenvalue weighted by Crippen LogP contribution is -2.48. The van der Waals surface area contributed by atoms with Gasteiger partial charge in [0.05, 0.1) is 25.1 Å². The zero-order valence-electron chi connectivity index (χ0n) is 16.3. The normalized spacial score (nSPS) is 13.5. The topological polar surface area (TPSA) is 75.7 Å². The van der Waals surface area contributed by atoms with Crippen LogP contribution in [0.2, 0.25) is 5.02 Å². The molecule has 6 nitrogen and oxygen atoms in total. The molecule has 0 radical (unpaired) electrons. The minimum absolute atomic E-state index is 0.248. The summed E-state index contributed by atoms with van der Waals surface area (Å²) >= 11 is 6.00. The molecule has 0 aromatic heterocycles. The standard InChI is InChI=1S/C20H25ClN2O4S/c1-5-19(15-9-11-18(27-3)12-10-15)22-20(24)14(2)23(28(4,25)26)17-8-6-7-16(21)13-17/h6-14,19H,5H2,1-4H3,(H,22,24)/t14-,19+/m1/s1. The molecule has 0 aliphatic carbocycles. The number of nitrogens with one attached hydrogen (secondary N) is 1. The van der Waals surface area contributed by atoms with Gasteiger partial charge < -0.3 is 10.1 Å². The number of anilines is 1. The summed E-state index contributed by atoms with van der Waals surface area (Å²) in [6.45, 7) is 3.50. The van der Waals surface area contributed by atoms with Crippen LogP contribution < -0.4 is 14.4 Å². The molecule has 0 bridgehead atoms. The lowest BCUT2D eigenvalue weighted by Gasteiger charge is -2.30. The number of nitrogens with zero attached hydrogens (tertiary/aromatic N) is 1. The molecule has 0 saturated heterocycles. The van der Waals surface area contributed by atoms with Gasteiger partial charge in [-0.25, -0.2) is 8.42 Å². The molecular formula is C20H25ClN2O4S. The first-order chi connectivity index (χ1) is 13.2. The number of carbonyl (C=O) groups is 1. The monoisotopic (exact) mass is 424 g/mol. The van der Waals surface area contributed by atoms with Crippen LogP contribution in [0.15, 0.2) is 48.5 Å². The van der Waals surface area contributed by atoms with Crippen molar-refractivity contribution in [2.45, 2.75) is 32.4 Å². The maximum absolute atomic E-state index is 12.9. The number of hydrogen-bond acceptors (Lipinski definition) is 4. The number of benzene rings is 2. The van der Waals surface area contributed by atoms with E-state index in [9.17, 15) is 13.2 Å². The van der Waals surface area contributed by atoms with Gasteiger partial charge in [-0.3, -0.25) is 9.10 Å². The predicted octanol–water partition coefficient (Wildman–Crippen LogP) is 3.77. The highest BCUT2D eigenvalue weighted by atomic mass is 35.5. The predicted molar refractivity (Wildman–Crippen MR) is 112 cm³/mol. The molecule has 0 aliphatic rings. The Morgan fingerprint density at radius 3 is 2.36 bits per heavy atom. The first-order valence-electron chi connectivity index (χ1n) is 8.86. The Bertz CT molecular complexity index is 916. The fourth-order valence-corrected chi connectivity index (χ4v) is 4.32. The van der Waals surface area contributed by atoms with E-state index in [0.29, 0.717) is 17.1 Å². The summed E-state index contributed by atoms with van der Waals surface area (Å²) in [5.41, 5.74) is 1.26. The van der Waals surface area contributed by atoms with E-state index in [-0.39, 0.29) is 6.04 Å². The van der Waals surface area contributed by atoms with E-state index in [0.717, 1.165) is 21.9 Å². The van der Waals surface area contributed by atoms with E-state index in [1.807, 2.05) is 31.2 Å². The van der Waals surface area contributed by atoms with Crippen LogP contribution in [-0.4, -0.2) is 33.7 Å². The summed E-state index contributed by atoms with van der Waals surface area (Å²) in [6.07, 6.45) is 1.72. The van der Waals surface area contributed by atoms with Crippen molar-refractivity contribution in [3.05, 3.63) is 59.1 Å². The van der Waals surface area contributed by atoms with Gasteiger partial charge in [-0.2, -0.15) is 0 Å². The lowest BCUT2D eigenvalue weighted by atomic mass is 10.0. The fraction of sp³-hybridized carbons (Fsp3) is 0.350. The van der Waals surface area contributed by atoms with Crippen molar-refractivity contribution in [3.63, 3.8) is 0 Å². The minimum atomic E-state index is -3.70. The van der Waals surface area contributed by atoms with Crippen molar-refractivity contribution >= 4 is 33.2 Å². The molecule has 28 heavy (non-hydrogen) atoms. The van der Waals surface area contributed by atoms with Crippen LogP contribution in [0.4, 0.5) is 5.69 Å². The van der Waals surface area contributed by atoms with Crippen LogP contribution in [0.1, 0.15) is 31.9 Å². The van der Waals surface area contributed by atoms with Crippen molar-refractivity contribution < 1.29 is 17.9 Å². The molecule has 2 aromatic carbocycles. The van der Waals surface area contributed by atoms with E-state index in [1.165, 1.54) is 6.07 Å². The van der Waals surface area contributed by atoms with Crippen LogP contribution in [0.5, 0.6) is 5.75 Å². The molecule has 0 saturated carbocycles. The fourth-order valence-electron chi connectivity index (χ4n) is 2.97. The Hall–Kier alpha value is -2.25. The van der Waals surface area contributed by atoms with E-state index >= 15 is 0 Å². The molecule has 0 unspecified atom stereocenters. The van der Waals surface area contributed by atoms with Gasteiger partial charge in [0.2, 0.25) is 15.9 Å². The number of carbonyl (C=O) groups excluding carboxylic acids is 1. The molecule has 1 amide bonds. The third-order valence-electron chi connectivity index (χ3n) is 4.39. The van der Waals surface area contributed by atoms with Crippen molar-refractivity contribution in [2.24, 2.45) is 0 Å². The summed E-state index contributed by atoms with van der Waals surface area (Å²) < 4.78 is 31.0. The van der Waals surface area contributed by atoms with Gasteiger partial charge in [-0.15, -0.1) is 0 Å². The highest BCUT2D eigenvalue weighted by molar-refractivity contribution is 7.92. The van der Waals surface area contributed by atoms with Gasteiger partial charge in [-0.1, -0.05) is 36.7 Å². The van der Waals surface area contributed by atoms with Gasteiger partial charge in [0.15, 0.2) is 0 Å². The highest BCUT2D eigenvalue weighted by Gasteiger charge is 2.30. The average molecular weight is 425 g/mol. The van der Waals surface area contributed by atoms with Crippen molar-refractivity contribution in [3.8, 4) is 5.75 Å². The molecular weight excluding hydrogens is 400 g/mol. The van der Waals surface area contributed by atoms with Crippen LogP contribution in [0.25, 0.3) is 0 Å². The van der Waals surface area contributed by atoms with Crippen LogP contribution >= 0.6 is 11.6 Å². The molecule has 0 spiro atoms. The highest BCUT2D eigenvalue weighted by Crippen LogP contribution is 2.25. The van der Waals surface area contributed by atoms with Crippen molar-refractivity contribution in [2.75, 3.05) is 17.7 Å². The molecule has 0 heterocycles. The summed E-state index contributed by atoms with van der Waals surface area (Å²) in [5, 5.41) is 3.33. The van der Waals surface area contributed by atoms with Crippen molar-refractivity contribution in [1.82, 2.24) is 5.32 Å². The second kappa shape index (κ2) is 9.30. The molecule has 0 fully saturated rings. The van der Waals surface area contributed by atoms with Gasteiger partial charge in [-0.05, 0) is 49.2 Å². The van der Waals surface area contributed by atoms with Gasteiger partial charge in [0.1, 0.15) is 11.8 Å². The van der Waals surface area contributed by atoms with Gasteiger partial charge >= 0.3 is 0 Å². The largest absolute Gasteiger partial charge is 0.497 e. The number of rotatable bonds is 8. The zero-order chi connectivity index (χ0) is 20.9. The zero-order valence-corrected chi connectivity index (χ0v) is 17.9. The first kappa shape index (κ1) is 22.0. The van der Waals surface area contributed by atoms with Crippen LogP contribution in [0, 0.1) is 0 Å². The summed E-state index contributed by atoms with van der Waals surface area (Å²) in [7, 11) is -2.11. The minimum Gasteiger partial charge on any atom is -0.497 e. The first-order valence-corrected chi connectivity index (χ1v) is 11.1. The SMILES string of the molecule is CC[C@H](NC(=O)[C@@H](C)N(c1cccc(Cl)c1)S(C)(=O)=O)c1ccc(OC)cc1. The molecule has 2 atom stereocenters. The smallest absolute Gasteiger partial charge is 0.244 e.